The molecule has 1 saturated heterocycles. The van der Waals surface area contributed by atoms with E-state index in [1.807, 2.05) is 12.1 Å². The van der Waals surface area contributed by atoms with Crippen LogP contribution < -0.4 is 4.74 Å². The van der Waals surface area contributed by atoms with Gasteiger partial charge in [0.2, 0.25) is 0 Å². The number of carbonyl (C=O) groups is 2. The molecular weight excluding hydrogens is 430 g/mol. The summed E-state index contributed by atoms with van der Waals surface area (Å²) in [5.74, 6) is -0.119. The molecule has 2 fully saturated rings. The number of amides is 1. The summed E-state index contributed by atoms with van der Waals surface area (Å²) in [6.07, 6.45) is 4.49. The SMILES string of the molecule is CCC1CCC(C(=O)O)(N(C(=O)c2cccc(OCCc3cccc(C)c3)c2)C2CCO2)CC1. The maximum atomic E-state index is 13.8. The Balaban J connectivity index is 1.51. The Kier molecular flexibility index (Phi) is 7.57. The van der Waals surface area contributed by atoms with Crippen molar-refractivity contribution in [1.29, 1.82) is 0 Å². The highest BCUT2D eigenvalue weighted by molar-refractivity contribution is 5.98. The standard InChI is InChI=1S/C28H35NO5/c1-3-21-10-14-28(15-11-21,27(31)32)29(25-13-17-34-25)26(30)23-8-5-9-24(19-23)33-16-12-22-7-4-6-20(2)18-22/h4-9,18-19,21,25H,3,10-17H2,1-2H3,(H,31,32). The summed E-state index contributed by atoms with van der Waals surface area (Å²) in [5.41, 5.74) is 1.62. The first-order valence-corrected chi connectivity index (χ1v) is 12.4. The smallest absolute Gasteiger partial charge is 0.329 e. The first-order chi connectivity index (χ1) is 16.4. The van der Waals surface area contributed by atoms with Crippen LogP contribution in [0.3, 0.4) is 0 Å². The van der Waals surface area contributed by atoms with E-state index in [9.17, 15) is 14.7 Å². The van der Waals surface area contributed by atoms with E-state index in [0.717, 1.165) is 25.7 Å². The lowest BCUT2D eigenvalue weighted by atomic mass is 9.74. The third-order valence-corrected chi connectivity index (χ3v) is 7.37. The Morgan fingerprint density at radius 3 is 2.47 bits per heavy atom. The molecule has 1 atom stereocenters. The molecule has 0 aromatic heterocycles. The number of carboxylic acid groups (broad SMARTS) is 1. The van der Waals surface area contributed by atoms with E-state index in [1.165, 1.54) is 16.0 Å². The summed E-state index contributed by atoms with van der Waals surface area (Å²) in [4.78, 5) is 27.9. The van der Waals surface area contributed by atoms with Gasteiger partial charge < -0.3 is 14.6 Å². The lowest BCUT2D eigenvalue weighted by Gasteiger charge is -2.50. The second-order valence-electron chi connectivity index (χ2n) is 9.59. The summed E-state index contributed by atoms with van der Waals surface area (Å²) in [6, 6.07) is 15.4. The maximum absolute atomic E-state index is 13.8. The zero-order chi connectivity index (χ0) is 24.1. The molecule has 1 aliphatic carbocycles. The Morgan fingerprint density at radius 1 is 1.12 bits per heavy atom. The number of aryl methyl sites for hydroxylation is 1. The second-order valence-corrected chi connectivity index (χ2v) is 9.59. The highest BCUT2D eigenvalue weighted by atomic mass is 16.5. The number of benzene rings is 2. The van der Waals surface area contributed by atoms with Crippen LogP contribution in [0, 0.1) is 12.8 Å². The Bertz CT molecular complexity index is 1010. The number of carboxylic acids is 1. The van der Waals surface area contributed by atoms with Gasteiger partial charge in [-0.3, -0.25) is 9.69 Å². The van der Waals surface area contributed by atoms with Crippen molar-refractivity contribution in [3.05, 3.63) is 65.2 Å². The Hall–Kier alpha value is -2.86. The lowest BCUT2D eigenvalue weighted by molar-refractivity contribution is -0.186. The van der Waals surface area contributed by atoms with E-state index in [-0.39, 0.29) is 5.91 Å². The minimum atomic E-state index is -1.23. The van der Waals surface area contributed by atoms with Gasteiger partial charge in [-0.2, -0.15) is 0 Å². The number of ether oxygens (including phenoxy) is 2. The van der Waals surface area contributed by atoms with E-state index in [1.54, 1.807) is 18.2 Å². The van der Waals surface area contributed by atoms with Crippen molar-refractivity contribution in [3.8, 4) is 5.75 Å². The van der Waals surface area contributed by atoms with Crippen LogP contribution in [0.1, 0.15) is 66.9 Å². The Morgan fingerprint density at radius 2 is 1.85 bits per heavy atom. The predicted molar refractivity (Wildman–Crippen MR) is 130 cm³/mol. The quantitative estimate of drug-likeness (QED) is 0.549. The van der Waals surface area contributed by atoms with Crippen LogP contribution in [0.4, 0.5) is 0 Å². The number of carbonyl (C=O) groups excluding carboxylic acids is 1. The molecule has 1 N–H and O–H groups in total. The second kappa shape index (κ2) is 10.6. The van der Waals surface area contributed by atoms with Crippen LogP contribution in [0.5, 0.6) is 5.75 Å². The van der Waals surface area contributed by atoms with E-state index in [2.05, 4.69) is 32.0 Å². The van der Waals surface area contributed by atoms with Crippen LogP contribution in [0.25, 0.3) is 0 Å². The molecule has 0 bridgehead atoms. The number of nitrogens with zero attached hydrogens (tertiary/aromatic N) is 1. The van der Waals surface area contributed by atoms with Gasteiger partial charge in [0.25, 0.3) is 5.91 Å². The molecule has 2 aromatic rings. The molecule has 6 nitrogen and oxygen atoms in total. The molecule has 0 radical (unpaired) electrons. The van der Waals surface area contributed by atoms with E-state index >= 15 is 0 Å². The molecule has 2 aliphatic rings. The monoisotopic (exact) mass is 465 g/mol. The molecule has 1 unspecified atom stereocenters. The fourth-order valence-corrected chi connectivity index (χ4v) is 5.16. The zero-order valence-electron chi connectivity index (χ0n) is 20.2. The minimum absolute atomic E-state index is 0.300. The molecule has 1 aliphatic heterocycles. The molecule has 6 heteroatoms. The first kappa shape index (κ1) is 24.3. The van der Waals surface area contributed by atoms with Gasteiger partial charge in [0, 0.05) is 18.4 Å². The van der Waals surface area contributed by atoms with Crippen molar-refractivity contribution in [2.75, 3.05) is 13.2 Å². The molecule has 182 valence electrons. The van der Waals surface area contributed by atoms with Crippen LogP contribution in [-0.4, -0.2) is 46.9 Å². The van der Waals surface area contributed by atoms with E-state index in [0.29, 0.717) is 49.7 Å². The summed E-state index contributed by atoms with van der Waals surface area (Å²) in [6.45, 7) is 5.24. The molecule has 34 heavy (non-hydrogen) atoms. The van der Waals surface area contributed by atoms with Crippen LogP contribution in [-0.2, 0) is 16.0 Å². The minimum Gasteiger partial charge on any atom is -0.493 e. The molecule has 4 rings (SSSR count). The van der Waals surface area contributed by atoms with Crippen molar-refractivity contribution in [2.24, 2.45) is 5.92 Å². The lowest BCUT2D eigenvalue weighted by Crippen LogP contribution is -2.64. The molecular formula is C28H35NO5. The molecule has 1 saturated carbocycles. The first-order valence-electron chi connectivity index (χ1n) is 12.4. The molecule has 2 aromatic carbocycles. The van der Waals surface area contributed by atoms with Crippen molar-refractivity contribution in [2.45, 2.75) is 70.6 Å². The molecule has 0 spiro atoms. The van der Waals surface area contributed by atoms with E-state index in [4.69, 9.17) is 9.47 Å². The third kappa shape index (κ3) is 5.12. The van der Waals surface area contributed by atoms with Gasteiger partial charge in [-0.1, -0.05) is 49.2 Å². The zero-order valence-corrected chi connectivity index (χ0v) is 20.2. The van der Waals surface area contributed by atoms with Gasteiger partial charge >= 0.3 is 5.97 Å². The van der Waals surface area contributed by atoms with Gasteiger partial charge in [-0.25, -0.2) is 4.79 Å². The van der Waals surface area contributed by atoms with Crippen molar-refractivity contribution in [1.82, 2.24) is 4.90 Å². The average Bonchev–Trinajstić information content (AvgIpc) is 2.81. The normalized spacial score (nSPS) is 24.2. The largest absolute Gasteiger partial charge is 0.493 e. The third-order valence-electron chi connectivity index (χ3n) is 7.37. The molecule has 1 amide bonds. The summed E-state index contributed by atoms with van der Waals surface area (Å²) in [5, 5.41) is 10.3. The van der Waals surface area contributed by atoms with Crippen LogP contribution >= 0.6 is 0 Å². The molecule has 1 heterocycles. The summed E-state index contributed by atoms with van der Waals surface area (Å²) in [7, 11) is 0. The van der Waals surface area contributed by atoms with Gasteiger partial charge in [0.15, 0.2) is 0 Å². The number of hydrogen-bond acceptors (Lipinski definition) is 4. The van der Waals surface area contributed by atoms with Crippen LogP contribution in [0.2, 0.25) is 0 Å². The van der Waals surface area contributed by atoms with Gasteiger partial charge in [-0.05, 0) is 62.3 Å². The summed E-state index contributed by atoms with van der Waals surface area (Å²) < 4.78 is 11.6. The van der Waals surface area contributed by atoms with Gasteiger partial charge in [0.05, 0.1) is 13.2 Å². The van der Waals surface area contributed by atoms with E-state index < -0.39 is 17.7 Å². The topological polar surface area (TPSA) is 76.1 Å². The number of hydrogen-bond donors (Lipinski definition) is 1. The van der Waals surface area contributed by atoms with Crippen molar-refractivity contribution in [3.63, 3.8) is 0 Å². The maximum Gasteiger partial charge on any atom is 0.329 e. The highest BCUT2D eigenvalue weighted by Gasteiger charge is 2.52. The van der Waals surface area contributed by atoms with Gasteiger partial charge in [-0.15, -0.1) is 0 Å². The highest BCUT2D eigenvalue weighted by Crippen LogP contribution is 2.41. The van der Waals surface area contributed by atoms with Crippen molar-refractivity contribution < 1.29 is 24.2 Å². The number of aliphatic carboxylic acids is 1. The predicted octanol–water partition coefficient (Wildman–Crippen LogP) is 5.23. The van der Waals surface area contributed by atoms with Crippen molar-refractivity contribution >= 4 is 11.9 Å². The summed E-state index contributed by atoms with van der Waals surface area (Å²) >= 11 is 0. The average molecular weight is 466 g/mol. The fraction of sp³-hybridized carbons (Fsp3) is 0.500. The van der Waals surface area contributed by atoms with Gasteiger partial charge in [0.1, 0.15) is 17.5 Å². The number of rotatable bonds is 9. The van der Waals surface area contributed by atoms with Crippen LogP contribution in [0.15, 0.2) is 48.5 Å². The fourth-order valence-electron chi connectivity index (χ4n) is 5.16. The Labute approximate surface area is 201 Å².